The molecular weight excluding hydrogens is 264 g/mol. The van der Waals surface area contributed by atoms with Gasteiger partial charge in [0.25, 0.3) is 0 Å². The maximum absolute atomic E-state index is 10.8. The number of hydrogen-bond acceptors (Lipinski definition) is 6. The van der Waals surface area contributed by atoms with Crippen LogP contribution in [0, 0.1) is 0 Å². The second-order valence-corrected chi connectivity index (χ2v) is 4.34. The van der Waals surface area contributed by atoms with Crippen molar-refractivity contribution in [3.05, 3.63) is 23.8 Å². The molecule has 0 bridgehead atoms. The van der Waals surface area contributed by atoms with Crippen LogP contribution >= 0.6 is 0 Å². The molecule has 1 aromatic carbocycles. The summed E-state index contributed by atoms with van der Waals surface area (Å²) >= 11 is 0. The highest BCUT2D eigenvalue weighted by molar-refractivity contribution is 5.65. The van der Waals surface area contributed by atoms with Crippen LogP contribution in [0.1, 0.15) is 18.8 Å². The topological polar surface area (TPSA) is 63.2 Å². The molecule has 1 aromatic rings. The molecule has 2 atom stereocenters. The van der Waals surface area contributed by atoms with Crippen molar-refractivity contribution in [3.63, 3.8) is 0 Å². The van der Waals surface area contributed by atoms with Gasteiger partial charge in [0, 0.05) is 12.5 Å². The van der Waals surface area contributed by atoms with E-state index in [0.29, 0.717) is 18.1 Å². The first-order valence-corrected chi connectivity index (χ1v) is 6.26. The number of rotatable bonds is 5. The van der Waals surface area contributed by atoms with E-state index < -0.39 is 6.29 Å². The second-order valence-electron chi connectivity index (χ2n) is 4.34. The molecule has 0 amide bonds. The molecule has 2 rings (SSSR count). The summed E-state index contributed by atoms with van der Waals surface area (Å²) in [5.41, 5.74) is 0.827. The molecule has 6 heteroatoms. The van der Waals surface area contributed by atoms with Gasteiger partial charge >= 0.3 is 5.97 Å². The van der Waals surface area contributed by atoms with Crippen LogP contribution in [0.4, 0.5) is 0 Å². The molecule has 0 radical (unpaired) electrons. The lowest BCUT2D eigenvalue weighted by Gasteiger charge is -2.14. The molecule has 0 aliphatic carbocycles. The summed E-state index contributed by atoms with van der Waals surface area (Å²) in [6.45, 7) is 1.94. The molecule has 0 aromatic heterocycles. The number of carbonyl (C=O) groups excluding carboxylic acids is 1. The van der Waals surface area contributed by atoms with Crippen molar-refractivity contribution >= 4 is 5.97 Å². The first-order chi connectivity index (χ1) is 9.63. The molecule has 20 heavy (non-hydrogen) atoms. The molecule has 1 heterocycles. The first kappa shape index (κ1) is 14.6. The smallest absolute Gasteiger partial charge is 0.302 e. The van der Waals surface area contributed by atoms with Crippen molar-refractivity contribution in [1.29, 1.82) is 0 Å². The highest BCUT2D eigenvalue weighted by Gasteiger charge is 2.28. The summed E-state index contributed by atoms with van der Waals surface area (Å²) in [7, 11) is 3.15. The predicted molar refractivity (Wildman–Crippen MR) is 69.7 cm³/mol. The van der Waals surface area contributed by atoms with E-state index in [0.717, 1.165) is 5.56 Å². The van der Waals surface area contributed by atoms with Crippen molar-refractivity contribution in [1.82, 2.24) is 0 Å². The van der Waals surface area contributed by atoms with E-state index >= 15 is 0 Å². The van der Waals surface area contributed by atoms with Crippen LogP contribution in [0.15, 0.2) is 18.2 Å². The van der Waals surface area contributed by atoms with Gasteiger partial charge in [-0.05, 0) is 12.1 Å². The summed E-state index contributed by atoms with van der Waals surface area (Å²) in [5, 5.41) is 0. The molecule has 1 saturated heterocycles. The van der Waals surface area contributed by atoms with Gasteiger partial charge in [0.15, 0.2) is 17.8 Å². The quantitative estimate of drug-likeness (QED) is 0.766. The Labute approximate surface area is 117 Å². The summed E-state index contributed by atoms with van der Waals surface area (Å²) < 4.78 is 26.5. The Bertz CT molecular complexity index is 473. The monoisotopic (exact) mass is 282 g/mol. The molecule has 1 fully saturated rings. The number of methoxy groups -OCH3 is 2. The van der Waals surface area contributed by atoms with E-state index in [1.54, 1.807) is 26.4 Å². The number of ether oxygens (including phenoxy) is 5. The Hall–Kier alpha value is -1.79. The van der Waals surface area contributed by atoms with Gasteiger partial charge in [-0.3, -0.25) is 4.79 Å². The lowest BCUT2D eigenvalue weighted by Crippen LogP contribution is -2.19. The zero-order chi connectivity index (χ0) is 14.5. The van der Waals surface area contributed by atoms with E-state index in [1.165, 1.54) is 6.92 Å². The number of benzene rings is 1. The van der Waals surface area contributed by atoms with Crippen LogP contribution in [0.3, 0.4) is 0 Å². The summed E-state index contributed by atoms with van der Waals surface area (Å²) in [4.78, 5) is 10.8. The van der Waals surface area contributed by atoms with Crippen molar-refractivity contribution in [2.24, 2.45) is 0 Å². The van der Waals surface area contributed by atoms with Crippen LogP contribution < -0.4 is 9.47 Å². The van der Waals surface area contributed by atoms with Gasteiger partial charge in [-0.25, -0.2) is 0 Å². The third kappa shape index (κ3) is 3.40. The summed E-state index contributed by atoms with van der Waals surface area (Å²) in [5.74, 6) is 0.925. The highest BCUT2D eigenvalue weighted by Crippen LogP contribution is 2.34. The largest absolute Gasteiger partial charge is 0.493 e. The minimum atomic E-state index is -0.490. The van der Waals surface area contributed by atoms with Gasteiger partial charge in [-0.1, -0.05) is 6.07 Å². The maximum Gasteiger partial charge on any atom is 0.302 e. The lowest BCUT2D eigenvalue weighted by atomic mass is 10.2. The maximum atomic E-state index is 10.8. The minimum Gasteiger partial charge on any atom is -0.493 e. The zero-order valence-corrected chi connectivity index (χ0v) is 11.8. The summed E-state index contributed by atoms with van der Waals surface area (Å²) in [6.07, 6.45) is -0.743. The van der Waals surface area contributed by atoms with Gasteiger partial charge in [-0.15, -0.1) is 0 Å². The molecule has 0 spiro atoms. The summed E-state index contributed by atoms with van der Waals surface area (Å²) in [6, 6.07) is 5.44. The molecule has 1 aliphatic heterocycles. The van der Waals surface area contributed by atoms with Gasteiger partial charge in [0.1, 0.15) is 12.7 Å². The van der Waals surface area contributed by atoms with E-state index in [-0.39, 0.29) is 18.7 Å². The first-order valence-electron chi connectivity index (χ1n) is 6.26. The molecular formula is C14H18O6. The van der Waals surface area contributed by atoms with Gasteiger partial charge in [0.2, 0.25) is 0 Å². The van der Waals surface area contributed by atoms with Crippen molar-refractivity contribution in [2.75, 3.05) is 27.4 Å². The van der Waals surface area contributed by atoms with E-state index in [1.807, 2.05) is 6.07 Å². The molecule has 110 valence electrons. The Kier molecular flexibility index (Phi) is 4.81. The second kappa shape index (κ2) is 6.58. The van der Waals surface area contributed by atoms with Crippen LogP contribution in [0.5, 0.6) is 11.5 Å². The van der Waals surface area contributed by atoms with Crippen LogP contribution in [0.25, 0.3) is 0 Å². The highest BCUT2D eigenvalue weighted by atomic mass is 16.7. The number of hydrogen-bond donors (Lipinski definition) is 0. The Morgan fingerprint density at radius 2 is 2.05 bits per heavy atom. The van der Waals surface area contributed by atoms with Gasteiger partial charge < -0.3 is 23.7 Å². The lowest BCUT2D eigenvalue weighted by molar-refractivity contribution is -0.145. The van der Waals surface area contributed by atoms with Gasteiger partial charge in [0.05, 0.1) is 20.8 Å². The van der Waals surface area contributed by atoms with E-state index in [9.17, 15) is 4.79 Å². The Morgan fingerprint density at radius 3 is 2.70 bits per heavy atom. The average molecular weight is 282 g/mol. The molecule has 0 N–H and O–H groups in total. The van der Waals surface area contributed by atoms with Crippen molar-refractivity contribution in [3.8, 4) is 11.5 Å². The van der Waals surface area contributed by atoms with Crippen molar-refractivity contribution < 1.29 is 28.5 Å². The van der Waals surface area contributed by atoms with Gasteiger partial charge in [-0.2, -0.15) is 0 Å². The molecule has 6 nitrogen and oxygen atoms in total. The standard InChI is InChI=1S/C14H18O6/c1-9(15)18-7-11-8-19-14(20-11)10-4-5-12(16-2)13(6-10)17-3/h4-6,11,14H,7-8H2,1-3H3/t11-,14+/m0/s1. The average Bonchev–Trinajstić information content (AvgIpc) is 2.93. The van der Waals surface area contributed by atoms with Crippen LogP contribution in [-0.4, -0.2) is 39.5 Å². The molecule has 0 unspecified atom stereocenters. The number of carbonyl (C=O) groups is 1. The van der Waals surface area contributed by atoms with E-state index in [4.69, 9.17) is 23.7 Å². The molecule has 0 saturated carbocycles. The number of esters is 1. The normalized spacial score (nSPS) is 21.6. The zero-order valence-electron chi connectivity index (χ0n) is 11.8. The minimum absolute atomic E-state index is 0.194. The fourth-order valence-electron chi connectivity index (χ4n) is 1.92. The Morgan fingerprint density at radius 1 is 1.30 bits per heavy atom. The fourth-order valence-corrected chi connectivity index (χ4v) is 1.92. The van der Waals surface area contributed by atoms with Crippen molar-refractivity contribution in [2.45, 2.75) is 19.3 Å². The Balaban J connectivity index is 2.00. The van der Waals surface area contributed by atoms with Crippen LogP contribution in [0.2, 0.25) is 0 Å². The van der Waals surface area contributed by atoms with Crippen LogP contribution in [-0.2, 0) is 19.0 Å². The SMILES string of the molecule is COc1ccc([C@@H]2OC[C@H](COC(C)=O)O2)cc1OC. The van der Waals surface area contributed by atoms with E-state index in [2.05, 4.69) is 0 Å². The fraction of sp³-hybridized carbons (Fsp3) is 0.500. The molecule has 1 aliphatic rings. The predicted octanol–water partition coefficient (Wildman–Crippen LogP) is 1.68. The third-order valence-corrected chi connectivity index (χ3v) is 2.90. The third-order valence-electron chi connectivity index (χ3n) is 2.90.